The van der Waals surface area contributed by atoms with Crippen molar-refractivity contribution in [3.8, 4) is 0 Å². The molecule has 1 saturated carbocycles. The van der Waals surface area contributed by atoms with Crippen molar-refractivity contribution in [3.63, 3.8) is 0 Å². The van der Waals surface area contributed by atoms with Crippen molar-refractivity contribution >= 4 is 28.7 Å². The zero-order chi connectivity index (χ0) is 20.4. The number of thioether (sulfide) groups is 1. The molecule has 2 aliphatic rings. The van der Waals surface area contributed by atoms with Crippen LogP contribution in [0, 0.1) is 11.7 Å². The van der Waals surface area contributed by atoms with Crippen LogP contribution in [0.15, 0.2) is 42.2 Å². The summed E-state index contributed by atoms with van der Waals surface area (Å²) in [5, 5.41) is 6.91. The van der Waals surface area contributed by atoms with Crippen molar-refractivity contribution in [2.75, 3.05) is 13.1 Å². The topological polar surface area (TPSA) is 66.1 Å². The van der Waals surface area contributed by atoms with E-state index in [9.17, 15) is 14.0 Å². The Kier molecular flexibility index (Phi) is 5.96. The van der Waals surface area contributed by atoms with Crippen LogP contribution in [0.25, 0.3) is 6.08 Å². The number of nitrogens with one attached hydrogen (secondary N) is 1. The molecule has 2 atom stereocenters. The van der Waals surface area contributed by atoms with Crippen LogP contribution in [0.3, 0.4) is 0 Å². The molecule has 0 spiro atoms. The number of carbonyl (C=O) groups excluding carboxylic acids is 2. The Morgan fingerprint density at radius 2 is 2.10 bits per heavy atom. The zero-order valence-corrected chi connectivity index (χ0v) is 17.1. The van der Waals surface area contributed by atoms with Crippen LogP contribution in [0.1, 0.15) is 43.4 Å². The largest absolute Gasteiger partial charge is 0.297 e. The molecular formula is C22H24FN3O2S. The van der Waals surface area contributed by atoms with Gasteiger partial charge in [-0.2, -0.15) is 5.10 Å². The van der Waals surface area contributed by atoms with E-state index in [1.54, 1.807) is 37.5 Å². The van der Waals surface area contributed by atoms with Gasteiger partial charge in [-0.3, -0.25) is 19.6 Å². The third-order valence-corrected chi connectivity index (χ3v) is 6.63. The van der Waals surface area contributed by atoms with E-state index in [1.165, 1.54) is 17.8 Å². The van der Waals surface area contributed by atoms with Crippen molar-refractivity contribution in [2.24, 2.45) is 5.92 Å². The van der Waals surface area contributed by atoms with Crippen LogP contribution in [0.5, 0.6) is 0 Å². The number of piperidine rings is 1. The number of carbonyl (C=O) groups is 2. The lowest BCUT2D eigenvalue weighted by Crippen LogP contribution is -2.43. The highest BCUT2D eigenvalue weighted by Crippen LogP contribution is 2.40. The first-order valence-electron chi connectivity index (χ1n) is 9.91. The Labute approximate surface area is 173 Å². The average molecular weight is 414 g/mol. The number of likely N-dealkylation sites (tertiary alicyclic amines) is 1. The van der Waals surface area contributed by atoms with E-state index in [2.05, 4.69) is 15.1 Å². The monoisotopic (exact) mass is 413 g/mol. The SMILES string of the molecule is CC(=O)SC1CCN(C(C(=O)C2CC2)c2ccccc2F)C/C1=C/c1cn[nH]c1. The molecule has 4 rings (SSSR count). The Hall–Kier alpha value is -2.25. The summed E-state index contributed by atoms with van der Waals surface area (Å²) in [4.78, 5) is 27.0. The lowest BCUT2D eigenvalue weighted by atomic mass is 9.93. The fraction of sp³-hybridized carbons (Fsp3) is 0.409. The summed E-state index contributed by atoms with van der Waals surface area (Å²) in [5.74, 6) is -0.201. The zero-order valence-electron chi connectivity index (χ0n) is 16.3. The summed E-state index contributed by atoms with van der Waals surface area (Å²) >= 11 is 1.32. The van der Waals surface area contributed by atoms with E-state index >= 15 is 0 Å². The first kappa shape index (κ1) is 20.0. The highest BCUT2D eigenvalue weighted by Gasteiger charge is 2.41. The first-order chi connectivity index (χ1) is 14.0. The molecule has 1 aromatic carbocycles. The first-order valence-corrected chi connectivity index (χ1v) is 10.8. The number of halogens is 1. The molecule has 2 aromatic rings. The average Bonchev–Trinajstić information content (AvgIpc) is 3.42. The summed E-state index contributed by atoms with van der Waals surface area (Å²) in [6.45, 7) is 2.74. The van der Waals surface area contributed by atoms with Crippen LogP contribution in [0.2, 0.25) is 0 Å². The number of ketones is 1. The van der Waals surface area contributed by atoms with Gasteiger partial charge in [-0.05, 0) is 30.9 Å². The van der Waals surface area contributed by atoms with Crippen LogP contribution in [-0.4, -0.2) is 44.3 Å². The Bertz CT molecular complexity index is 924. The highest BCUT2D eigenvalue weighted by molar-refractivity contribution is 8.14. The Morgan fingerprint density at radius 1 is 1.31 bits per heavy atom. The molecule has 2 unspecified atom stereocenters. The van der Waals surface area contributed by atoms with Gasteiger partial charge < -0.3 is 0 Å². The molecule has 29 heavy (non-hydrogen) atoms. The number of H-pyrrole nitrogens is 1. The van der Waals surface area contributed by atoms with Crippen molar-refractivity contribution in [2.45, 2.75) is 37.5 Å². The smallest absolute Gasteiger partial charge is 0.186 e. The molecular weight excluding hydrogens is 389 g/mol. The number of aromatic nitrogens is 2. The predicted molar refractivity (Wildman–Crippen MR) is 112 cm³/mol. The summed E-state index contributed by atoms with van der Waals surface area (Å²) in [5.41, 5.74) is 2.43. The van der Waals surface area contributed by atoms with Gasteiger partial charge >= 0.3 is 0 Å². The molecule has 2 heterocycles. The maximum Gasteiger partial charge on any atom is 0.186 e. The number of rotatable bonds is 6. The number of aromatic amines is 1. The fourth-order valence-corrected chi connectivity index (χ4v) is 4.87. The summed E-state index contributed by atoms with van der Waals surface area (Å²) in [6.07, 6.45) is 8.06. The van der Waals surface area contributed by atoms with Gasteiger partial charge in [0.1, 0.15) is 5.82 Å². The Balaban J connectivity index is 1.66. The lowest BCUT2D eigenvalue weighted by molar-refractivity contribution is -0.126. The van der Waals surface area contributed by atoms with Gasteiger partial charge in [-0.1, -0.05) is 36.0 Å². The maximum atomic E-state index is 14.6. The Morgan fingerprint density at radius 3 is 2.76 bits per heavy atom. The van der Waals surface area contributed by atoms with E-state index in [0.29, 0.717) is 18.7 Å². The minimum absolute atomic E-state index is 0.0326. The number of hydrogen-bond acceptors (Lipinski definition) is 5. The maximum absolute atomic E-state index is 14.6. The molecule has 1 aromatic heterocycles. The number of nitrogens with zero attached hydrogens (tertiary/aromatic N) is 2. The minimum Gasteiger partial charge on any atom is -0.297 e. The van der Waals surface area contributed by atoms with Gasteiger partial charge in [0.25, 0.3) is 0 Å². The van der Waals surface area contributed by atoms with Crippen molar-refractivity contribution in [1.29, 1.82) is 0 Å². The third kappa shape index (κ3) is 4.67. The summed E-state index contributed by atoms with van der Waals surface area (Å²) in [6, 6.07) is 5.99. The van der Waals surface area contributed by atoms with Crippen LogP contribution >= 0.6 is 11.8 Å². The normalized spacial score (nSPS) is 22.6. The summed E-state index contributed by atoms with van der Waals surface area (Å²) < 4.78 is 14.6. The van der Waals surface area contributed by atoms with E-state index in [-0.39, 0.29) is 27.9 Å². The molecule has 5 nitrogen and oxygen atoms in total. The molecule has 1 saturated heterocycles. The van der Waals surface area contributed by atoms with Crippen molar-refractivity contribution in [3.05, 3.63) is 59.2 Å². The summed E-state index contributed by atoms with van der Waals surface area (Å²) in [7, 11) is 0. The predicted octanol–water partition coefficient (Wildman–Crippen LogP) is 4.01. The second-order valence-corrected chi connectivity index (χ2v) is 9.09. The van der Waals surface area contributed by atoms with Crippen LogP contribution in [-0.2, 0) is 9.59 Å². The standard InChI is InChI=1S/C22H24FN3O2S/c1-14(27)29-20-8-9-26(13-17(20)10-15-11-24-25-12-15)21(22(28)16-6-7-16)18-4-2-3-5-19(18)23/h2-5,10-12,16,20-21H,6-9,13H2,1H3,(H,24,25)/b17-10-. The van der Waals surface area contributed by atoms with Crippen molar-refractivity contribution in [1.82, 2.24) is 15.1 Å². The van der Waals surface area contributed by atoms with E-state index in [4.69, 9.17) is 0 Å². The second kappa shape index (κ2) is 8.63. The number of benzene rings is 1. The van der Waals surface area contributed by atoms with Crippen molar-refractivity contribution < 1.29 is 14.0 Å². The molecule has 2 fully saturated rings. The second-order valence-electron chi connectivity index (χ2n) is 7.71. The molecule has 0 radical (unpaired) electrons. The van der Waals surface area contributed by atoms with Gasteiger partial charge in [0, 0.05) is 48.5 Å². The van der Waals surface area contributed by atoms with Crippen LogP contribution in [0.4, 0.5) is 4.39 Å². The van der Waals surface area contributed by atoms with E-state index < -0.39 is 6.04 Å². The third-order valence-electron chi connectivity index (χ3n) is 5.47. The molecule has 1 aliphatic carbocycles. The van der Waals surface area contributed by atoms with E-state index in [0.717, 1.165) is 30.4 Å². The van der Waals surface area contributed by atoms with Gasteiger partial charge in [-0.15, -0.1) is 0 Å². The lowest BCUT2D eigenvalue weighted by Gasteiger charge is -2.38. The number of Topliss-reactive ketones (excluding diaryl/α,β-unsaturated/α-hetero) is 1. The van der Waals surface area contributed by atoms with Gasteiger partial charge in [0.2, 0.25) is 0 Å². The molecule has 0 bridgehead atoms. The van der Waals surface area contributed by atoms with Gasteiger partial charge in [0.15, 0.2) is 10.9 Å². The molecule has 1 N–H and O–H groups in total. The van der Waals surface area contributed by atoms with Gasteiger partial charge in [-0.25, -0.2) is 4.39 Å². The quantitative estimate of drug-likeness (QED) is 0.775. The molecule has 7 heteroatoms. The minimum atomic E-state index is -0.584. The molecule has 1 aliphatic heterocycles. The fourth-order valence-electron chi connectivity index (χ4n) is 3.95. The molecule has 0 amide bonds. The van der Waals surface area contributed by atoms with E-state index in [1.807, 2.05) is 6.08 Å². The van der Waals surface area contributed by atoms with Gasteiger partial charge in [0.05, 0.1) is 12.2 Å². The van der Waals surface area contributed by atoms with Crippen LogP contribution < -0.4 is 0 Å². The number of hydrogen-bond donors (Lipinski definition) is 1. The highest BCUT2D eigenvalue weighted by atomic mass is 32.2. The molecule has 152 valence electrons.